The first kappa shape index (κ1) is 53.0. The van der Waals surface area contributed by atoms with E-state index in [2.05, 4.69) is 33.9 Å². The Kier molecular flexibility index (Phi) is 16.5. The molecule has 19 heteroatoms. The second-order valence-corrected chi connectivity index (χ2v) is 19.9. The number of carbonyl (C=O) groups excluding carboxylic acids is 2. The van der Waals surface area contributed by atoms with Crippen LogP contribution in [0.3, 0.4) is 0 Å². The van der Waals surface area contributed by atoms with Crippen molar-refractivity contribution in [1.82, 2.24) is 30.6 Å². The number of nitrogens with zero attached hydrogens (tertiary/aromatic N) is 5. The van der Waals surface area contributed by atoms with Gasteiger partial charge in [-0.15, -0.1) is 0 Å². The molecule has 7 N–H and O–H groups in total. The van der Waals surface area contributed by atoms with Gasteiger partial charge in [0.25, 0.3) is 11.8 Å². The van der Waals surface area contributed by atoms with Gasteiger partial charge in [0.05, 0.1) is 43.4 Å². The maximum Gasteiger partial charge on any atom is 0.251 e. The third-order valence-corrected chi connectivity index (χ3v) is 14.2. The molecule has 12 rings (SSSR count). The largest absolute Gasteiger partial charge is 0.496 e. The van der Waals surface area contributed by atoms with Crippen molar-refractivity contribution in [3.63, 3.8) is 0 Å². The third-order valence-electron chi connectivity index (χ3n) is 14.2. The molecule has 7 aromatic rings. The number of rotatable bonds is 8. The van der Waals surface area contributed by atoms with Crippen molar-refractivity contribution >= 4 is 46.5 Å². The van der Waals surface area contributed by atoms with Crippen molar-refractivity contribution in [2.24, 2.45) is 11.8 Å². The molecule has 0 saturated heterocycles. The molecule has 17 nitrogen and oxygen atoms in total. The molecule has 1 aliphatic carbocycles. The number of hydrogen-bond donors (Lipinski definition) is 5. The zero-order valence-electron chi connectivity index (χ0n) is 43.5. The molecule has 2 atom stereocenters. The first-order chi connectivity index (χ1) is 37.9. The summed E-state index contributed by atoms with van der Waals surface area (Å²) in [4.78, 5) is 48.6. The van der Waals surface area contributed by atoms with Crippen molar-refractivity contribution in [1.29, 1.82) is 0 Å². The molecule has 6 heterocycles. The number of fused-ring (bicyclic) bond motifs is 18. The minimum Gasteiger partial charge on any atom is -0.496 e. The Labute approximate surface area is 451 Å². The van der Waals surface area contributed by atoms with Gasteiger partial charge >= 0.3 is 0 Å². The lowest BCUT2D eigenvalue weighted by atomic mass is 10.0. The highest BCUT2D eigenvalue weighted by molar-refractivity contribution is 5.97. The molecule has 0 radical (unpaired) electrons. The zero-order valence-corrected chi connectivity index (χ0v) is 43.5. The van der Waals surface area contributed by atoms with Crippen LogP contribution in [0.5, 0.6) is 17.2 Å². The van der Waals surface area contributed by atoms with E-state index in [1.165, 1.54) is 7.11 Å². The maximum atomic E-state index is 15.1. The SMILES string of the molecule is COc1cc(F)cc(F)c1COc1ccc2cc1COCC[C@H](CN1c3ccc(OC4CCCC4)c(c3)COCC[C@H](C)CNC(=O)c3ccc(c(N)c3)-c3ccnc1n3)CNC(=O)c1ccc(c(N)c1)-c1ccnc(n1)N2. The van der Waals surface area contributed by atoms with E-state index in [4.69, 9.17) is 50.1 Å². The van der Waals surface area contributed by atoms with Gasteiger partial charge in [0.15, 0.2) is 0 Å². The molecule has 2 amide bonds. The van der Waals surface area contributed by atoms with E-state index in [0.717, 1.165) is 54.8 Å². The van der Waals surface area contributed by atoms with Crippen molar-refractivity contribution < 1.29 is 42.1 Å². The van der Waals surface area contributed by atoms with E-state index in [1.807, 2.05) is 23.1 Å². The van der Waals surface area contributed by atoms with Crippen molar-refractivity contribution in [3.8, 4) is 39.8 Å². The highest BCUT2D eigenvalue weighted by atomic mass is 19.1. The number of nitrogens with two attached hydrogens (primary N) is 2. The highest BCUT2D eigenvalue weighted by Gasteiger charge is 2.26. The highest BCUT2D eigenvalue weighted by Crippen LogP contribution is 2.36. The molecule has 2 aromatic heterocycles. The number of ether oxygens (including phenoxy) is 5. The standard InChI is InChI=1S/C59H62F2N10O7/c1-35-17-21-75-33-40-24-43(10-14-54(40)78-44-5-3-4-6-44)71(59-65-20-16-52(70-59)46-12-8-37(25-50(46)63)56(72)66-29-35)31-36-18-22-76-32-39-23-42(9-13-53(39)77-34-47-48(61)27-41(60)28-55(47)74-2)68-58-64-19-15-51(69-58)45-11-7-38(26-49(45)62)57(73)67-30-36/h7-16,19-20,23-28,35-36,44H,3-6,17-18,21-22,29-34,62-63H2,1-2H3,(H,66,72)(H,67,73)(H,64,68,69)/t35-,36-/m0/s1. The third kappa shape index (κ3) is 12.7. The fourth-order valence-electron chi connectivity index (χ4n) is 9.84. The summed E-state index contributed by atoms with van der Waals surface area (Å²) in [5.41, 5.74) is 20.0. The van der Waals surface area contributed by atoms with Gasteiger partial charge in [0.1, 0.15) is 35.5 Å². The molecule has 12 bridgehead atoms. The molecule has 4 aliphatic heterocycles. The summed E-state index contributed by atoms with van der Waals surface area (Å²) in [7, 11) is 1.34. The summed E-state index contributed by atoms with van der Waals surface area (Å²) in [5, 5.41) is 9.48. The van der Waals surface area contributed by atoms with Gasteiger partial charge in [-0.2, -0.15) is 0 Å². The Morgan fingerprint density at radius 1 is 0.705 bits per heavy atom. The van der Waals surface area contributed by atoms with Gasteiger partial charge in [0.2, 0.25) is 11.9 Å². The lowest BCUT2D eigenvalue weighted by Gasteiger charge is -2.29. The number of amides is 2. The zero-order chi connectivity index (χ0) is 54.1. The molecular formula is C59H62F2N10O7. The van der Waals surface area contributed by atoms with Crippen molar-refractivity contribution in [2.45, 2.75) is 71.4 Å². The van der Waals surface area contributed by atoms with Gasteiger partial charge in [-0.05, 0) is 135 Å². The van der Waals surface area contributed by atoms with Crippen LogP contribution in [0.2, 0.25) is 0 Å². The maximum absolute atomic E-state index is 15.1. The smallest absolute Gasteiger partial charge is 0.251 e. The molecule has 0 spiro atoms. The van der Waals surface area contributed by atoms with Crippen LogP contribution in [0, 0.1) is 23.5 Å². The number of carbonyl (C=O) groups is 2. The van der Waals surface area contributed by atoms with Crippen LogP contribution in [-0.4, -0.2) is 77.8 Å². The quantitative estimate of drug-likeness (QED) is 0.0893. The minimum atomic E-state index is -0.810. The Morgan fingerprint density at radius 2 is 1.37 bits per heavy atom. The number of hydrogen-bond acceptors (Lipinski definition) is 15. The van der Waals surface area contributed by atoms with E-state index in [-0.39, 0.29) is 86.5 Å². The lowest BCUT2D eigenvalue weighted by Crippen LogP contribution is -2.36. The van der Waals surface area contributed by atoms with Crippen LogP contribution in [-0.2, 0) is 29.3 Å². The molecule has 1 fully saturated rings. The first-order valence-corrected chi connectivity index (χ1v) is 26.2. The van der Waals surface area contributed by atoms with Gasteiger partial charge in [-0.1, -0.05) is 6.92 Å². The Bertz CT molecular complexity index is 3310. The van der Waals surface area contributed by atoms with E-state index in [1.54, 1.807) is 73.1 Å². The van der Waals surface area contributed by atoms with Crippen molar-refractivity contribution in [3.05, 3.63) is 149 Å². The summed E-state index contributed by atoms with van der Waals surface area (Å²) < 4.78 is 60.4. The van der Waals surface area contributed by atoms with Gasteiger partial charge in [0, 0.05) is 114 Å². The lowest BCUT2D eigenvalue weighted by molar-refractivity contribution is 0.0916. The molecule has 78 heavy (non-hydrogen) atoms. The summed E-state index contributed by atoms with van der Waals surface area (Å²) in [6.07, 6.45) is 8.66. The van der Waals surface area contributed by atoms with E-state index in [0.29, 0.717) is 94.0 Å². The number of nitrogen functional groups attached to an aromatic ring is 2. The molecule has 5 aromatic carbocycles. The van der Waals surface area contributed by atoms with Crippen LogP contribution >= 0.6 is 0 Å². The number of anilines is 6. The van der Waals surface area contributed by atoms with E-state index < -0.39 is 11.6 Å². The Morgan fingerprint density at radius 3 is 2.09 bits per heavy atom. The van der Waals surface area contributed by atoms with Gasteiger partial charge in [-0.25, -0.2) is 28.7 Å². The second-order valence-electron chi connectivity index (χ2n) is 19.9. The monoisotopic (exact) mass is 1060 g/mol. The van der Waals surface area contributed by atoms with Crippen LogP contribution in [0.15, 0.2) is 109 Å². The summed E-state index contributed by atoms with van der Waals surface area (Å²) in [6.45, 7) is 3.74. The van der Waals surface area contributed by atoms with Crippen LogP contribution in [0.4, 0.5) is 43.4 Å². The van der Waals surface area contributed by atoms with E-state index in [9.17, 15) is 14.0 Å². The Hall–Kier alpha value is -8.42. The van der Waals surface area contributed by atoms with Crippen molar-refractivity contribution in [2.75, 3.05) is 61.6 Å². The number of halogens is 2. The normalized spacial score (nSPS) is 17.5. The molecule has 5 aliphatic rings. The Balaban J connectivity index is 1.01. The average molecular weight is 1060 g/mol. The van der Waals surface area contributed by atoms with Crippen LogP contribution < -0.4 is 46.5 Å². The fraction of sp³-hybridized carbons (Fsp3) is 0.322. The summed E-state index contributed by atoms with van der Waals surface area (Å²) >= 11 is 0. The molecular weight excluding hydrogens is 999 g/mol. The molecule has 1 saturated carbocycles. The topological polar surface area (TPSA) is 223 Å². The van der Waals surface area contributed by atoms with Crippen LogP contribution in [0.1, 0.15) is 82.9 Å². The summed E-state index contributed by atoms with van der Waals surface area (Å²) in [6, 6.07) is 27.0. The molecule has 404 valence electrons. The van der Waals surface area contributed by atoms with Gasteiger partial charge in [-0.3, -0.25) is 9.59 Å². The summed E-state index contributed by atoms with van der Waals surface area (Å²) in [5.74, 6) is -0.555. The minimum absolute atomic E-state index is 0.0102. The average Bonchev–Trinajstić information content (AvgIpc) is 4.00. The fourth-order valence-corrected chi connectivity index (χ4v) is 9.84. The predicted octanol–water partition coefficient (Wildman–Crippen LogP) is 10.1. The number of nitrogens with one attached hydrogen (secondary N) is 3. The second kappa shape index (κ2) is 24.3. The first-order valence-electron chi connectivity index (χ1n) is 26.2. The number of methoxy groups -OCH3 is 1. The van der Waals surface area contributed by atoms with Crippen LogP contribution in [0.25, 0.3) is 22.5 Å². The predicted molar refractivity (Wildman–Crippen MR) is 293 cm³/mol. The van der Waals surface area contributed by atoms with Gasteiger partial charge < -0.3 is 56.0 Å². The number of aromatic nitrogens is 4. The molecule has 0 unspecified atom stereocenters. The number of benzene rings is 5. The van der Waals surface area contributed by atoms with E-state index >= 15 is 4.39 Å².